The minimum atomic E-state index is -1.02. The van der Waals surface area contributed by atoms with E-state index in [4.69, 9.17) is 19.4 Å². The Balaban J connectivity index is 2.34. The first-order chi connectivity index (χ1) is 14.5. The highest BCUT2D eigenvalue weighted by Crippen LogP contribution is 2.33. The zero-order valence-corrected chi connectivity index (χ0v) is 16.6. The van der Waals surface area contributed by atoms with E-state index in [1.54, 1.807) is 37.3 Å². The SMILES string of the molecule is CCO[C@@H](/C=C/C(=O)NO)[C@@H](OC(=O)Nc1ccccc1)c1ccc(OC)c(O)c1. The highest BCUT2D eigenvalue weighted by molar-refractivity contribution is 5.86. The van der Waals surface area contributed by atoms with E-state index in [0.717, 1.165) is 6.08 Å². The van der Waals surface area contributed by atoms with Crippen LogP contribution in [0.1, 0.15) is 18.6 Å². The van der Waals surface area contributed by atoms with Gasteiger partial charge >= 0.3 is 6.09 Å². The van der Waals surface area contributed by atoms with E-state index < -0.39 is 24.2 Å². The second-order valence-corrected chi connectivity index (χ2v) is 6.00. The summed E-state index contributed by atoms with van der Waals surface area (Å²) in [7, 11) is 1.41. The maximum Gasteiger partial charge on any atom is 0.412 e. The molecule has 0 fully saturated rings. The Morgan fingerprint density at radius 3 is 2.50 bits per heavy atom. The maximum atomic E-state index is 12.5. The number of hydrogen-bond acceptors (Lipinski definition) is 7. The van der Waals surface area contributed by atoms with E-state index in [-0.39, 0.29) is 18.1 Å². The van der Waals surface area contributed by atoms with Gasteiger partial charge in [-0.3, -0.25) is 15.3 Å². The van der Waals surface area contributed by atoms with Gasteiger partial charge in [0.15, 0.2) is 17.6 Å². The van der Waals surface area contributed by atoms with Gasteiger partial charge in [-0.15, -0.1) is 0 Å². The maximum absolute atomic E-state index is 12.5. The van der Waals surface area contributed by atoms with Gasteiger partial charge in [-0.05, 0) is 42.8 Å². The third-order valence-electron chi connectivity index (χ3n) is 3.99. The van der Waals surface area contributed by atoms with Gasteiger partial charge < -0.3 is 19.3 Å². The molecule has 0 aromatic heterocycles. The van der Waals surface area contributed by atoms with E-state index in [9.17, 15) is 14.7 Å². The van der Waals surface area contributed by atoms with Crippen LogP contribution in [-0.4, -0.2) is 42.1 Å². The standard InChI is InChI=1S/C21H24N2O7/c1-3-29-18(11-12-19(25)23-27)20(14-9-10-17(28-2)16(24)13-14)30-21(26)22-15-7-5-4-6-8-15/h4-13,18,20,24,27H,3H2,1-2H3,(H,22,26)(H,23,25)/b12-11+/t18-,20-/m0/s1. The zero-order valence-electron chi connectivity index (χ0n) is 16.6. The van der Waals surface area contributed by atoms with E-state index in [0.29, 0.717) is 11.3 Å². The molecule has 0 saturated carbocycles. The van der Waals surface area contributed by atoms with Crippen LogP contribution in [0.2, 0.25) is 0 Å². The third-order valence-corrected chi connectivity index (χ3v) is 3.99. The van der Waals surface area contributed by atoms with Crippen molar-refractivity contribution in [3.8, 4) is 11.5 Å². The minimum absolute atomic E-state index is 0.153. The number of anilines is 1. The van der Waals surface area contributed by atoms with Crippen LogP contribution in [0.15, 0.2) is 60.7 Å². The van der Waals surface area contributed by atoms with Crippen molar-refractivity contribution in [1.29, 1.82) is 0 Å². The van der Waals surface area contributed by atoms with Gasteiger partial charge in [-0.25, -0.2) is 10.3 Å². The topological polar surface area (TPSA) is 126 Å². The Hall–Kier alpha value is -3.56. The summed E-state index contributed by atoms with van der Waals surface area (Å²) in [5.74, 6) is -0.682. The number of phenols is 1. The fraction of sp³-hybridized carbons (Fsp3) is 0.238. The Morgan fingerprint density at radius 2 is 1.90 bits per heavy atom. The quantitative estimate of drug-likeness (QED) is 0.281. The molecule has 0 aliphatic rings. The molecule has 2 aromatic carbocycles. The van der Waals surface area contributed by atoms with Crippen LogP contribution in [-0.2, 0) is 14.3 Å². The van der Waals surface area contributed by atoms with Crippen molar-refractivity contribution in [2.24, 2.45) is 0 Å². The molecule has 0 bridgehead atoms. The molecule has 2 atom stereocenters. The van der Waals surface area contributed by atoms with Crippen LogP contribution < -0.4 is 15.5 Å². The first kappa shape index (κ1) is 22.7. The first-order valence-corrected chi connectivity index (χ1v) is 9.12. The molecule has 2 amide bonds. The van der Waals surface area contributed by atoms with Gasteiger partial charge in [-0.2, -0.15) is 0 Å². The summed E-state index contributed by atoms with van der Waals surface area (Å²) in [6.07, 6.45) is -0.271. The highest BCUT2D eigenvalue weighted by atomic mass is 16.6. The number of carbonyl (C=O) groups is 2. The number of phenolic OH excluding ortho intramolecular Hbond substituents is 1. The molecule has 2 aromatic rings. The highest BCUT2D eigenvalue weighted by Gasteiger charge is 2.27. The zero-order chi connectivity index (χ0) is 21.9. The van der Waals surface area contributed by atoms with E-state index >= 15 is 0 Å². The van der Waals surface area contributed by atoms with Crippen LogP contribution >= 0.6 is 0 Å². The fourth-order valence-corrected chi connectivity index (χ4v) is 2.65. The molecule has 2 rings (SSSR count). The summed E-state index contributed by atoms with van der Waals surface area (Å²) in [5, 5.41) is 21.4. The van der Waals surface area contributed by atoms with Crippen molar-refractivity contribution < 1.29 is 34.1 Å². The van der Waals surface area contributed by atoms with E-state index in [1.165, 1.54) is 30.8 Å². The van der Waals surface area contributed by atoms with Crippen LogP contribution in [0.4, 0.5) is 10.5 Å². The fourth-order valence-electron chi connectivity index (χ4n) is 2.65. The molecule has 0 saturated heterocycles. The smallest absolute Gasteiger partial charge is 0.412 e. The Bertz CT molecular complexity index is 871. The van der Waals surface area contributed by atoms with Crippen molar-refractivity contribution in [2.45, 2.75) is 19.1 Å². The van der Waals surface area contributed by atoms with Crippen LogP contribution in [0.3, 0.4) is 0 Å². The molecule has 0 aliphatic heterocycles. The summed E-state index contributed by atoms with van der Waals surface area (Å²) in [6, 6.07) is 13.2. The number of ether oxygens (including phenoxy) is 3. The van der Waals surface area contributed by atoms with Crippen molar-refractivity contribution in [2.75, 3.05) is 19.0 Å². The number of hydroxylamine groups is 1. The summed E-state index contributed by atoms with van der Waals surface area (Å²) in [5.41, 5.74) is 2.42. The monoisotopic (exact) mass is 416 g/mol. The number of para-hydroxylation sites is 1. The van der Waals surface area contributed by atoms with Crippen LogP contribution in [0.25, 0.3) is 0 Å². The molecule has 0 aliphatic carbocycles. The lowest BCUT2D eigenvalue weighted by molar-refractivity contribution is -0.124. The predicted molar refractivity (Wildman–Crippen MR) is 108 cm³/mol. The normalized spacial score (nSPS) is 12.8. The number of nitrogens with one attached hydrogen (secondary N) is 2. The molecule has 9 heteroatoms. The molecular formula is C21H24N2O7. The summed E-state index contributed by atoms with van der Waals surface area (Å²) < 4.78 is 16.3. The van der Waals surface area contributed by atoms with Crippen LogP contribution in [0.5, 0.6) is 11.5 Å². The number of benzene rings is 2. The van der Waals surface area contributed by atoms with Crippen molar-refractivity contribution in [3.05, 3.63) is 66.2 Å². The second kappa shape index (κ2) is 11.4. The summed E-state index contributed by atoms with van der Waals surface area (Å²) >= 11 is 0. The van der Waals surface area contributed by atoms with E-state index in [1.807, 2.05) is 6.07 Å². The van der Waals surface area contributed by atoms with E-state index in [2.05, 4.69) is 5.32 Å². The number of rotatable bonds is 9. The average Bonchev–Trinajstić information content (AvgIpc) is 2.75. The predicted octanol–water partition coefficient (Wildman–Crippen LogP) is 3.16. The van der Waals surface area contributed by atoms with Gasteiger partial charge in [0.25, 0.3) is 5.91 Å². The van der Waals surface area contributed by atoms with Crippen molar-refractivity contribution in [1.82, 2.24) is 5.48 Å². The number of amides is 2. The Labute approximate surface area is 173 Å². The largest absolute Gasteiger partial charge is 0.504 e. The van der Waals surface area contributed by atoms with Crippen molar-refractivity contribution in [3.63, 3.8) is 0 Å². The molecule has 9 nitrogen and oxygen atoms in total. The molecular weight excluding hydrogens is 392 g/mol. The molecule has 160 valence electrons. The lowest BCUT2D eigenvalue weighted by atomic mass is 10.0. The molecule has 0 unspecified atom stereocenters. The Kier molecular flexibility index (Phi) is 8.67. The molecule has 0 heterocycles. The Morgan fingerprint density at radius 1 is 1.17 bits per heavy atom. The second-order valence-electron chi connectivity index (χ2n) is 6.00. The first-order valence-electron chi connectivity index (χ1n) is 9.12. The number of aromatic hydroxyl groups is 1. The number of carbonyl (C=O) groups excluding carboxylic acids is 2. The van der Waals surface area contributed by atoms with Gasteiger partial charge in [0.1, 0.15) is 6.10 Å². The summed E-state index contributed by atoms with van der Waals surface area (Å²) in [4.78, 5) is 23.9. The molecule has 0 radical (unpaired) electrons. The van der Waals surface area contributed by atoms with Crippen LogP contribution in [0, 0.1) is 0 Å². The molecule has 0 spiro atoms. The van der Waals surface area contributed by atoms with Gasteiger partial charge in [0.05, 0.1) is 7.11 Å². The van der Waals surface area contributed by atoms with Gasteiger partial charge in [0.2, 0.25) is 0 Å². The third kappa shape index (κ3) is 6.50. The number of hydrogen-bond donors (Lipinski definition) is 4. The number of methoxy groups -OCH3 is 1. The van der Waals surface area contributed by atoms with Gasteiger partial charge in [-0.1, -0.05) is 24.3 Å². The summed E-state index contributed by atoms with van der Waals surface area (Å²) in [6.45, 7) is 1.98. The van der Waals surface area contributed by atoms with Gasteiger partial charge in [0, 0.05) is 18.4 Å². The molecule has 4 N–H and O–H groups in total. The lowest BCUT2D eigenvalue weighted by Crippen LogP contribution is -2.28. The lowest BCUT2D eigenvalue weighted by Gasteiger charge is -2.25. The average molecular weight is 416 g/mol. The van der Waals surface area contributed by atoms with Crippen molar-refractivity contribution >= 4 is 17.7 Å². The molecule has 30 heavy (non-hydrogen) atoms. The minimum Gasteiger partial charge on any atom is -0.504 e.